The molecule has 0 saturated carbocycles. The number of H-pyrrole nitrogens is 1. The lowest BCUT2D eigenvalue weighted by Crippen LogP contribution is -2.47. The van der Waals surface area contributed by atoms with Crippen molar-refractivity contribution in [2.75, 3.05) is 40.3 Å². The Labute approximate surface area is 181 Å². The molecule has 1 aromatic carbocycles. The molecule has 4 heterocycles. The summed E-state index contributed by atoms with van der Waals surface area (Å²) in [6.07, 6.45) is 2.27. The minimum Gasteiger partial charge on any atom is -0.497 e. The molecule has 1 amide bonds. The number of likely N-dealkylation sites (N-methyl/N-ethyl adjacent to an activating group) is 1. The summed E-state index contributed by atoms with van der Waals surface area (Å²) in [7, 11) is 3.78. The number of aromatic amines is 1. The van der Waals surface area contributed by atoms with Crippen LogP contribution in [0.4, 0.5) is 0 Å². The van der Waals surface area contributed by atoms with Crippen molar-refractivity contribution in [2.45, 2.75) is 13.0 Å². The molecule has 160 valence electrons. The number of nitrogens with one attached hydrogen (secondary N) is 1. The lowest BCUT2D eigenvalue weighted by molar-refractivity contribution is -0.132. The largest absolute Gasteiger partial charge is 0.497 e. The second-order valence-corrected chi connectivity index (χ2v) is 8.16. The van der Waals surface area contributed by atoms with Crippen LogP contribution in [0.25, 0.3) is 33.3 Å². The summed E-state index contributed by atoms with van der Waals surface area (Å²) in [6, 6.07) is 14.3. The molecule has 0 bridgehead atoms. The fourth-order valence-corrected chi connectivity index (χ4v) is 4.36. The normalized spacial score (nSPS) is 15.1. The molecule has 0 atom stereocenters. The van der Waals surface area contributed by atoms with Gasteiger partial charge in [0.1, 0.15) is 11.4 Å². The van der Waals surface area contributed by atoms with Crippen molar-refractivity contribution in [1.82, 2.24) is 24.3 Å². The number of hydrogen-bond donors (Lipinski definition) is 1. The summed E-state index contributed by atoms with van der Waals surface area (Å²) in [5.74, 6) is 1.04. The molecule has 3 aromatic heterocycles. The Morgan fingerprint density at radius 2 is 1.94 bits per heavy atom. The van der Waals surface area contributed by atoms with Crippen LogP contribution >= 0.6 is 0 Å². The Bertz CT molecular complexity index is 1200. The maximum absolute atomic E-state index is 12.9. The molecule has 0 unspecified atom stereocenters. The van der Waals surface area contributed by atoms with Crippen molar-refractivity contribution in [2.24, 2.45) is 0 Å². The molecule has 0 spiro atoms. The maximum Gasteiger partial charge on any atom is 0.224 e. The van der Waals surface area contributed by atoms with Crippen LogP contribution in [0, 0.1) is 0 Å². The zero-order valence-electron chi connectivity index (χ0n) is 18.0. The first-order valence-electron chi connectivity index (χ1n) is 10.7. The van der Waals surface area contributed by atoms with E-state index in [9.17, 15) is 4.79 Å². The van der Waals surface area contributed by atoms with E-state index in [2.05, 4.69) is 50.7 Å². The first-order chi connectivity index (χ1) is 15.1. The van der Waals surface area contributed by atoms with Gasteiger partial charge in [-0.3, -0.25) is 4.79 Å². The quantitative estimate of drug-likeness (QED) is 0.541. The standard InChI is InChI=1S/C24H27N5O2/c1-27-10-12-28(13-11-27)23(30)7-9-29-21-6-5-19(31-2)14-18(21)16-22(29)20-15-17-4-3-8-25-24(17)26-20/h3-6,8,14-16H,7,9-13H2,1-2H3,(H,25,26). The van der Waals surface area contributed by atoms with Gasteiger partial charge in [0.15, 0.2) is 0 Å². The maximum atomic E-state index is 12.9. The van der Waals surface area contributed by atoms with Gasteiger partial charge in [-0.25, -0.2) is 4.98 Å². The summed E-state index contributed by atoms with van der Waals surface area (Å²) < 4.78 is 7.65. The first kappa shape index (κ1) is 19.6. The molecule has 1 saturated heterocycles. The highest BCUT2D eigenvalue weighted by Gasteiger charge is 2.20. The lowest BCUT2D eigenvalue weighted by Gasteiger charge is -2.32. The van der Waals surface area contributed by atoms with Crippen molar-refractivity contribution in [3.8, 4) is 17.1 Å². The molecule has 1 fully saturated rings. The van der Waals surface area contributed by atoms with E-state index in [0.717, 1.165) is 65.3 Å². The lowest BCUT2D eigenvalue weighted by atomic mass is 10.2. The Morgan fingerprint density at radius 3 is 2.71 bits per heavy atom. The summed E-state index contributed by atoms with van der Waals surface area (Å²) in [4.78, 5) is 25.0. The van der Waals surface area contributed by atoms with Gasteiger partial charge in [-0.1, -0.05) is 0 Å². The number of ether oxygens (including phenoxy) is 1. The number of aromatic nitrogens is 3. The molecule has 1 aliphatic rings. The van der Waals surface area contributed by atoms with E-state index in [1.807, 2.05) is 23.1 Å². The Morgan fingerprint density at radius 1 is 1.10 bits per heavy atom. The number of carbonyl (C=O) groups excluding carboxylic acids is 1. The smallest absolute Gasteiger partial charge is 0.224 e. The van der Waals surface area contributed by atoms with Gasteiger partial charge in [-0.15, -0.1) is 0 Å². The Balaban J connectivity index is 1.49. The zero-order chi connectivity index (χ0) is 21.4. The molecular weight excluding hydrogens is 390 g/mol. The van der Waals surface area contributed by atoms with E-state index in [4.69, 9.17) is 4.74 Å². The predicted octanol–water partition coefficient (Wildman–Crippen LogP) is 3.36. The summed E-state index contributed by atoms with van der Waals surface area (Å²) in [6.45, 7) is 4.11. The van der Waals surface area contributed by atoms with Crippen molar-refractivity contribution < 1.29 is 9.53 Å². The molecule has 4 aromatic rings. The molecule has 0 radical (unpaired) electrons. The van der Waals surface area contributed by atoms with Crippen LogP contribution in [-0.2, 0) is 11.3 Å². The number of piperazine rings is 1. The number of methoxy groups -OCH3 is 1. The third-order valence-corrected chi connectivity index (χ3v) is 6.18. The molecule has 5 rings (SSSR count). The summed E-state index contributed by atoms with van der Waals surface area (Å²) in [5, 5.41) is 2.16. The number of rotatable bonds is 5. The predicted molar refractivity (Wildman–Crippen MR) is 122 cm³/mol. The minimum atomic E-state index is 0.215. The minimum absolute atomic E-state index is 0.215. The van der Waals surface area contributed by atoms with Gasteiger partial charge in [-0.05, 0) is 49.5 Å². The fourth-order valence-electron chi connectivity index (χ4n) is 4.36. The van der Waals surface area contributed by atoms with Gasteiger partial charge >= 0.3 is 0 Å². The first-order valence-corrected chi connectivity index (χ1v) is 10.7. The number of aryl methyl sites for hydroxylation is 1. The highest BCUT2D eigenvalue weighted by Crippen LogP contribution is 2.32. The third kappa shape index (κ3) is 3.77. The van der Waals surface area contributed by atoms with Crippen molar-refractivity contribution >= 4 is 27.8 Å². The van der Waals surface area contributed by atoms with Gasteiger partial charge in [0.2, 0.25) is 5.91 Å². The van der Waals surface area contributed by atoms with Crippen LogP contribution in [0.1, 0.15) is 6.42 Å². The van der Waals surface area contributed by atoms with Crippen LogP contribution in [0.5, 0.6) is 5.75 Å². The van der Waals surface area contributed by atoms with Gasteiger partial charge < -0.3 is 24.1 Å². The molecule has 31 heavy (non-hydrogen) atoms. The van der Waals surface area contributed by atoms with Crippen LogP contribution in [0.3, 0.4) is 0 Å². The highest BCUT2D eigenvalue weighted by atomic mass is 16.5. The molecule has 1 aliphatic heterocycles. The number of hydrogen-bond acceptors (Lipinski definition) is 4. The average Bonchev–Trinajstić information content (AvgIpc) is 3.38. The summed E-state index contributed by atoms with van der Waals surface area (Å²) >= 11 is 0. The number of nitrogens with zero attached hydrogens (tertiary/aromatic N) is 4. The molecule has 7 nitrogen and oxygen atoms in total. The van der Waals surface area contributed by atoms with Gasteiger partial charge in [0.05, 0.1) is 18.5 Å². The van der Waals surface area contributed by atoms with Crippen molar-refractivity contribution in [3.05, 3.63) is 48.7 Å². The van der Waals surface area contributed by atoms with Crippen molar-refractivity contribution in [3.63, 3.8) is 0 Å². The topological polar surface area (TPSA) is 66.4 Å². The SMILES string of the molecule is COc1ccc2c(c1)cc(-c1cc3cccnc3[nH]1)n2CCC(=O)N1CCN(C)CC1. The molecule has 7 heteroatoms. The Hall–Kier alpha value is -3.32. The van der Waals surface area contributed by atoms with Crippen LogP contribution < -0.4 is 4.74 Å². The van der Waals surface area contributed by atoms with Crippen LogP contribution in [-0.4, -0.2) is 70.6 Å². The average molecular weight is 418 g/mol. The van der Waals surface area contributed by atoms with E-state index in [1.54, 1.807) is 13.3 Å². The highest BCUT2D eigenvalue weighted by molar-refractivity contribution is 5.90. The molecule has 1 N–H and O–H groups in total. The van der Waals surface area contributed by atoms with E-state index in [1.165, 1.54) is 0 Å². The number of amides is 1. The molecule has 0 aliphatic carbocycles. The molecular formula is C24H27N5O2. The van der Waals surface area contributed by atoms with E-state index < -0.39 is 0 Å². The van der Waals surface area contributed by atoms with Crippen LogP contribution in [0.2, 0.25) is 0 Å². The second kappa shape index (κ2) is 8.07. The number of fused-ring (bicyclic) bond motifs is 2. The van der Waals surface area contributed by atoms with Gasteiger partial charge in [0, 0.05) is 61.6 Å². The zero-order valence-corrected chi connectivity index (χ0v) is 18.0. The fraction of sp³-hybridized carbons (Fsp3) is 0.333. The van der Waals surface area contributed by atoms with E-state index in [-0.39, 0.29) is 5.91 Å². The van der Waals surface area contributed by atoms with Gasteiger partial charge in [-0.2, -0.15) is 0 Å². The monoisotopic (exact) mass is 417 g/mol. The number of carbonyl (C=O) groups is 1. The van der Waals surface area contributed by atoms with Crippen molar-refractivity contribution in [1.29, 1.82) is 0 Å². The van der Waals surface area contributed by atoms with Gasteiger partial charge in [0.25, 0.3) is 0 Å². The second-order valence-electron chi connectivity index (χ2n) is 8.16. The third-order valence-electron chi connectivity index (χ3n) is 6.18. The number of benzene rings is 1. The Kier molecular flexibility index (Phi) is 5.11. The summed E-state index contributed by atoms with van der Waals surface area (Å²) in [5.41, 5.74) is 4.00. The van der Waals surface area contributed by atoms with E-state index in [0.29, 0.717) is 13.0 Å². The number of pyridine rings is 1. The van der Waals surface area contributed by atoms with Crippen LogP contribution in [0.15, 0.2) is 48.7 Å². The van der Waals surface area contributed by atoms with E-state index >= 15 is 0 Å².